The van der Waals surface area contributed by atoms with Crippen molar-refractivity contribution in [3.8, 4) is 0 Å². The van der Waals surface area contributed by atoms with E-state index in [1.54, 1.807) is 36.0 Å². The van der Waals surface area contributed by atoms with Gasteiger partial charge in [-0.3, -0.25) is 0 Å². The summed E-state index contributed by atoms with van der Waals surface area (Å²) in [4.78, 5) is 0. The highest BCUT2D eigenvalue weighted by Crippen LogP contribution is 2.11. The fourth-order valence-corrected chi connectivity index (χ4v) is 3.17. The topological polar surface area (TPSA) is 66.4 Å². The van der Waals surface area contributed by atoms with E-state index >= 15 is 0 Å². The lowest BCUT2D eigenvalue weighted by Gasteiger charge is -2.02. The average Bonchev–Trinajstić information content (AvgIpc) is 2.42. The van der Waals surface area contributed by atoms with Gasteiger partial charge in [0.15, 0.2) is 0 Å². The number of halogens is 1. The zero-order chi connectivity index (χ0) is 14.8. The van der Waals surface area contributed by atoms with E-state index in [1.165, 1.54) is 6.08 Å². The van der Waals surface area contributed by atoms with Crippen LogP contribution in [-0.4, -0.2) is 38.2 Å². The van der Waals surface area contributed by atoms with Crippen LogP contribution in [0.4, 0.5) is 0 Å². The first kappa shape index (κ1) is 17.5. The van der Waals surface area contributed by atoms with Crippen molar-refractivity contribution in [1.82, 2.24) is 4.72 Å². The number of nitrogens with one attached hydrogen (secondary N) is 1. The maximum absolute atomic E-state index is 11.7. The minimum Gasteiger partial charge on any atom is -0.396 e. The first-order valence-electron chi connectivity index (χ1n) is 6.15. The number of sulfonamides is 1. The van der Waals surface area contributed by atoms with Crippen molar-refractivity contribution in [2.24, 2.45) is 0 Å². The van der Waals surface area contributed by atoms with Gasteiger partial charge in [-0.05, 0) is 35.9 Å². The van der Waals surface area contributed by atoms with Crippen molar-refractivity contribution in [2.45, 2.75) is 6.42 Å². The van der Waals surface area contributed by atoms with Crippen LogP contribution in [0.25, 0.3) is 6.08 Å². The molecule has 0 aliphatic rings. The van der Waals surface area contributed by atoms with Crippen LogP contribution in [0, 0.1) is 0 Å². The molecular formula is C13H18ClNO3S2. The van der Waals surface area contributed by atoms with Crippen LogP contribution in [0.2, 0.25) is 5.02 Å². The summed E-state index contributed by atoms with van der Waals surface area (Å²) in [5.41, 5.74) is 0.775. The molecule has 2 N–H and O–H groups in total. The summed E-state index contributed by atoms with van der Waals surface area (Å²) in [6.07, 6.45) is 2.26. The maximum atomic E-state index is 11.7. The zero-order valence-corrected chi connectivity index (χ0v) is 13.3. The van der Waals surface area contributed by atoms with Crippen molar-refractivity contribution in [1.29, 1.82) is 0 Å². The van der Waals surface area contributed by atoms with Gasteiger partial charge in [0.1, 0.15) is 0 Å². The molecule has 0 atom stereocenters. The lowest BCUT2D eigenvalue weighted by atomic mass is 10.2. The van der Waals surface area contributed by atoms with E-state index in [9.17, 15) is 8.42 Å². The first-order chi connectivity index (χ1) is 9.53. The molecule has 4 nitrogen and oxygen atoms in total. The Kier molecular flexibility index (Phi) is 8.25. The molecule has 0 radical (unpaired) electrons. The molecule has 0 amide bonds. The molecule has 20 heavy (non-hydrogen) atoms. The van der Waals surface area contributed by atoms with Crippen LogP contribution in [0.1, 0.15) is 12.0 Å². The first-order valence-corrected chi connectivity index (χ1v) is 9.23. The largest absolute Gasteiger partial charge is 0.396 e. The maximum Gasteiger partial charge on any atom is 0.233 e. The van der Waals surface area contributed by atoms with E-state index in [2.05, 4.69) is 4.72 Å². The number of benzene rings is 1. The van der Waals surface area contributed by atoms with Crippen LogP contribution >= 0.6 is 23.4 Å². The Morgan fingerprint density at radius 2 is 1.95 bits per heavy atom. The van der Waals surface area contributed by atoms with Crippen LogP contribution in [0.5, 0.6) is 0 Å². The highest BCUT2D eigenvalue weighted by molar-refractivity contribution is 7.99. The molecule has 0 aromatic heterocycles. The molecule has 0 aliphatic heterocycles. The average molecular weight is 336 g/mol. The van der Waals surface area contributed by atoms with E-state index < -0.39 is 10.0 Å². The molecule has 7 heteroatoms. The lowest BCUT2D eigenvalue weighted by Crippen LogP contribution is -2.23. The lowest BCUT2D eigenvalue weighted by molar-refractivity contribution is 0.296. The monoisotopic (exact) mass is 335 g/mol. The number of aliphatic hydroxyl groups is 1. The molecule has 0 bridgehead atoms. The Morgan fingerprint density at radius 3 is 2.60 bits per heavy atom. The fourth-order valence-electron chi connectivity index (χ4n) is 1.31. The Hall–Kier alpha value is -0.530. The zero-order valence-electron chi connectivity index (χ0n) is 11.0. The Morgan fingerprint density at radius 1 is 1.25 bits per heavy atom. The molecule has 0 saturated heterocycles. The second-order valence-corrected chi connectivity index (χ2v) is 7.30. The quantitative estimate of drug-likeness (QED) is 0.680. The van der Waals surface area contributed by atoms with Crippen LogP contribution in [0.15, 0.2) is 29.7 Å². The number of thioether (sulfide) groups is 1. The van der Waals surface area contributed by atoms with Gasteiger partial charge in [-0.2, -0.15) is 11.8 Å². The van der Waals surface area contributed by atoms with Gasteiger partial charge < -0.3 is 5.11 Å². The van der Waals surface area contributed by atoms with Gasteiger partial charge in [0.05, 0.1) is 0 Å². The summed E-state index contributed by atoms with van der Waals surface area (Å²) in [7, 11) is -3.41. The summed E-state index contributed by atoms with van der Waals surface area (Å²) >= 11 is 7.36. The molecule has 0 fully saturated rings. The normalized spacial score (nSPS) is 12.1. The molecular weight excluding hydrogens is 318 g/mol. The highest BCUT2D eigenvalue weighted by atomic mass is 35.5. The second-order valence-electron chi connectivity index (χ2n) is 3.98. The van der Waals surface area contributed by atoms with Crippen LogP contribution in [0.3, 0.4) is 0 Å². The van der Waals surface area contributed by atoms with E-state index in [1.807, 2.05) is 0 Å². The number of hydrogen-bond acceptors (Lipinski definition) is 4. The van der Waals surface area contributed by atoms with Gasteiger partial charge in [0.2, 0.25) is 10.0 Å². The van der Waals surface area contributed by atoms with Crippen molar-refractivity contribution in [3.05, 3.63) is 40.3 Å². The number of hydrogen-bond donors (Lipinski definition) is 2. The van der Waals surface area contributed by atoms with Crippen molar-refractivity contribution in [2.75, 3.05) is 24.7 Å². The Labute approximate surface area is 129 Å². The minimum atomic E-state index is -3.41. The second kappa shape index (κ2) is 9.41. The smallest absolute Gasteiger partial charge is 0.233 e. The van der Waals surface area contributed by atoms with E-state index in [0.717, 1.165) is 23.1 Å². The summed E-state index contributed by atoms with van der Waals surface area (Å²) in [6, 6.07) is 6.91. The number of rotatable bonds is 9. The molecule has 0 heterocycles. The summed E-state index contributed by atoms with van der Waals surface area (Å²) in [6.45, 7) is 0.548. The number of aliphatic hydroxyl groups excluding tert-OH is 1. The minimum absolute atomic E-state index is 0.169. The van der Waals surface area contributed by atoms with Crippen molar-refractivity contribution < 1.29 is 13.5 Å². The van der Waals surface area contributed by atoms with Crippen molar-refractivity contribution >= 4 is 39.5 Å². The van der Waals surface area contributed by atoms with E-state index in [4.69, 9.17) is 16.7 Å². The van der Waals surface area contributed by atoms with Gasteiger partial charge in [0, 0.05) is 29.3 Å². The predicted octanol–water partition coefficient (Wildman–Crippen LogP) is 2.35. The Bertz CT molecular complexity index is 515. The molecule has 0 aliphatic carbocycles. The van der Waals surface area contributed by atoms with Crippen molar-refractivity contribution in [3.63, 3.8) is 0 Å². The molecule has 0 spiro atoms. The Balaban J connectivity index is 2.35. The third-order valence-electron chi connectivity index (χ3n) is 2.31. The van der Waals surface area contributed by atoms with Gasteiger partial charge in [-0.1, -0.05) is 23.7 Å². The standard InChI is InChI=1S/C13H18ClNO3S2/c14-13-4-2-12(3-5-13)6-11-20(17,18)15-7-10-19-9-1-8-16/h2-6,11,15-16H,1,7-10H2/b11-6+. The fraction of sp³-hybridized carbons (Fsp3) is 0.385. The summed E-state index contributed by atoms with van der Waals surface area (Å²) in [5.74, 6) is 1.52. The molecule has 112 valence electrons. The molecule has 1 aromatic rings. The third-order valence-corrected chi connectivity index (χ3v) is 4.73. The van der Waals surface area contributed by atoms with Gasteiger partial charge in [-0.15, -0.1) is 0 Å². The highest BCUT2D eigenvalue weighted by Gasteiger charge is 2.03. The van der Waals surface area contributed by atoms with Gasteiger partial charge >= 0.3 is 0 Å². The molecule has 0 unspecified atom stereocenters. The van der Waals surface area contributed by atoms with E-state index in [-0.39, 0.29) is 6.61 Å². The summed E-state index contributed by atoms with van der Waals surface area (Å²) < 4.78 is 25.9. The van der Waals surface area contributed by atoms with Gasteiger partial charge in [-0.25, -0.2) is 13.1 Å². The third kappa shape index (κ3) is 7.91. The predicted molar refractivity (Wildman–Crippen MR) is 86.4 cm³/mol. The molecule has 0 saturated carbocycles. The van der Waals surface area contributed by atoms with Gasteiger partial charge in [0.25, 0.3) is 0 Å². The summed E-state index contributed by atoms with van der Waals surface area (Å²) in [5, 5.41) is 10.4. The molecule has 1 aromatic carbocycles. The van der Waals surface area contributed by atoms with E-state index in [0.29, 0.717) is 17.3 Å². The van der Waals surface area contributed by atoms with Crippen LogP contribution in [-0.2, 0) is 10.0 Å². The SMILES string of the molecule is O=S(=O)(/C=C/c1ccc(Cl)cc1)NCCSCCCO. The molecule has 1 rings (SSSR count). The van der Waals surface area contributed by atoms with Crippen LogP contribution < -0.4 is 4.72 Å².